The Bertz CT molecular complexity index is 1090. The quantitative estimate of drug-likeness (QED) is 0.0652. The highest BCUT2D eigenvalue weighted by Gasteiger charge is 2.34. The van der Waals surface area contributed by atoms with E-state index in [1.165, 1.54) is 21.0 Å². The molecule has 0 fully saturated rings. The Kier molecular flexibility index (Phi) is 21.8. The maximum atomic E-state index is 13.2. The van der Waals surface area contributed by atoms with Crippen LogP contribution >= 0.6 is 0 Å². The first-order valence-electron chi connectivity index (χ1n) is 17.7. The normalized spacial score (nSPS) is 13.8. The number of rotatable bonds is 24. The fraction of sp³-hybridized carbons (Fsp3) is 0.800. The van der Waals surface area contributed by atoms with Gasteiger partial charge >= 0.3 is 5.97 Å². The third-order valence-electron chi connectivity index (χ3n) is 8.05. The zero-order valence-corrected chi connectivity index (χ0v) is 31.5. The molecule has 0 aliphatic heterocycles. The number of hydrogen-bond donors (Lipinski definition) is 6. The summed E-state index contributed by atoms with van der Waals surface area (Å²) in [7, 11) is 1.24. The Morgan fingerprint density at radius 1 is 0.653 bits per heavy atom. The minimum absolute atomic E-state index is 0.0262. The maximum Gasteiger partial charge on any atom is 0.328 e. The summed E-state index contributed by atoms with van der Waals surface area (Å²) in [6.07, 6.45) is 6.51. The van der Waals surface area contributed by atoms with Gasteiger partial charge in [-0.25, -0.2) is 4.79 Å². The molecule has 282 valence electrons. The van der Waals surface area contributed by atoms with Crippen LogP contribution in [0.15, 0.2) is 0 Å². The molecule has 14 nitrogen and oxygen atoms in total. The molecule has 0 unspecified atom stereocenters. The number of carbonyl (C=O) groups excluding carboxylic acids is 7. The zero-order valence-electron chi connectivity index (χ0n) is 31.5. The summed E-state index contributed by atoms with van der Waals surface area (Å²) < 4.78 is 4.82. The molecule has 14 heteroatoms. The van der Waals surface area contributed by atoms with Gasteiger partial charge in [0.15, 0.2) is 0 Å². The third kappa shape index (κ3) is 19.2. The summed E-state index contributed by atoms with van der Waals surface area (Å²) >= 11 is 0. The molecular weight excluding hydrogens is 632 g/mol. The van der Waals surface area contributed by atoms with E-state index in [9.17, 15) is 33.6 Å². The van der Waals surface area contributed by atoms with E-state index in [0.717, 1.165) is 32.1 Å². The van der Waals surface area contributed by atoms with Gasteiger partial charge in [0.1, 0.15) is 23.7 Å². The molecule has 0 aliphatic rings. The van der Waals surface area contributed by atoms with Crippen molar-refractivity contribution >= 4 is 41.4 Å². The van der Waals surface area contributed by atoms with Crippen molar-refractivity contribution in [3.05, 3.63) is 0 Å². The standard InChI is InChI=1S/C35H64N6O8/c1-11-13-14-15-16-17-27(42)36-20-28(43)38-25(18-22(3)4)31(45)41-35(8,9)34(48)37-21-29(44)40-30(24(7)12-2)32(46)39-26(19-23(5)6)33(47)49-10/h22-26,30H,11-21H2,1-10H3,(H,36,42)(H,37,48)(H,38,43)(H,39,46)(H,40,44)(H,41,45)/t24-,25-,26-,30-/m0/s1. The van der Waals surface area contributed by atoms with Crippen molar-refractivity contribution in [2.24, 2.45) is 17.8 Å². The first kappa shape index (κ1) is 45.3. The van der Waals surface area contributed by atoms with E-state index in [0.29, 0.717) is 19.3 Å². The molecule has 6 amide bonds. The van der Waals surface area contributed by atoms with Crippen LogP contribution in [0.5, 0.6) is 0 Å². The van der Waals surface area contributed by atoms with Crippen LogP contribution < -0.4 is 31.9 Å². The highest BCUT2D eigenvalue weighted by Crippen LogP contribution is 2.12. The van der Waals surface area contributed by atoms with Crippen LogP contribution in [0.1, 0.15) is 120 Å². The Labute approximate surface area is 293 Å². The van der Waals surface area contributed by atoms with Gasteiger partial charge in [-0.1, -0.05) is 80.6 Å². The highest BCUT2D eigenvalue weighted by molar-refractivity contribution is 5.96. The molecule has 49 heavy (non-hydrogen) atoms. The number of amides is 6. The van der Waals surface area contributed by atoms with Crippen LogP contribution in [0.25, 0.3) is 0 Å². The summed E-state index contributed by atoms with van der Waals surface area (Å²) in [5, 5.41) is 15.7. The van der Waals surface area contributed by atoms with E-state index in [1.807, 2.05) is 34.6 Å². The molecule has 0 heterocycles. The van der Waals surface area contributed by atoms with E-state index >= 15 is 0 Å². The summed E-state index contributed by atoms with van der Waals surface area (Å²) in [4.78, 5) is 89.3. The number of unbranched alkanes of at least 4 members (excludes halogenated alkanes) is 4. The van der Waals surface area contributed by atoms with Crippen molar-refractivity contribution in [3.8, 4) is 0 Å². The molecular formula is C35H64N6O8. The van der Waals surface area contributed by atoms with Gasteiger partial charge < -0.3 is 36.6 Å². The molecule has 0 radical (unpaired) electrons. The van der Waals surface area contributed by atoms with E-state index in [-0.39, 0.29) is 36.6 Å². The average Bonchev–Trinajstić information content (AvgIpc) is 3.02. The molecule has 0 saturated heterocycles. The van der Waals surface area contributed by atoms with E-state index < -0.39 is 65.7 Å². The second-order valence-electron chi connectivity index (χ2n) is 14.1. The number of esters is 1. The molecule has 0 aromatic heterocycles. The Morgan fingerprint density at radius 3 is 1.76 bits per heavy atom. The molecule has 0 bridgehead atoms. The number of carbonyl (C=O) groups is 7. The lowest BCUT2D eigenvalue weighted by Gasteiger charge is -2.29. The number of nitrogens with one attached hydrogen (secondary N) is 6. The van der Waals surface area contributed by atoms with Crippen molar-refractivity contribution in [2.75, 3.05) is 20.2 Å². The zero-order chi connectivity index (χ0) is 37.7. The Balaban J connectivity index is 5.25. The van der Waals surface area contributed by atoms with E-state index in [2.05, 4.69) is 38.8 Å². The third-order valence-corrected chi connectivity index (χ3v) is 8.05. The molecule has 0 aromatic carbocycles. The van der Waals surface area contributed by atoms with Crippen LogP contribution in [0.4, 0.5) is 0 Å². The fourth-order valence-corrected chi connectivity index (χ4v) is 4.95. The van der Waals surface area contributed by atoms with Gasteiger partial charge in [-0.3, -0.25) is 28.8 Å². The van der Waals surface area contributed by atoms with Crippen molar-refractivity contribution in [1.29, 1.82) is 0 Å². The van der Waals surface area contributed by atoms with Gasteiger partial charge in [0.25, 0.3) is 0 Å². The molecule has 6 N–H and O–H groups in total. The minimum atomic E-state index is -1.47. The van der Waals surface area contributed by atoms with E-state index in [1.54, 1.807) is 6.92 Å². The predicted octanol–water partition coefficient (Wildman–Crippen LogP) is 2.24. The summed E-state index contributed by atoms with van der Waals surface area (Å²) in [6.45, 7) is 15.5. The molecule has 0 aliphatic carbocycles. The lowest BCUT2D eigenvalue weighted by molar-refractivity contribution is -0.146. The molecule has 0 aromatic rings. The second kappa shape index (κ2) is 23.6. The van der Waals surface area contributed by atoms with Gasteiger partial charge in [-0.2, -0.15) is 0 Å². The van der Waals surface area contributed by atoms with Crippen molar-refractivity contribution in [3.63, 3.8) is 0 Å². The number of hydrogen-bond acceptors (Lipinski definition) is 8. The smallest absolute Gasteiger partial charge is 0.328 e. The predicted molar refractivity (Wildman–Crippen MR) is 188 cm³/mol. The van der Waals surface area contributed by atoms with Gasteiger partial charge in [0.05, 0.1) is 20.2 Å². The lowest BCUT2D eigenvalue weighted by atomic mass is 9.97. The van der Waals surface area contributed by atoms with Gasteiger partial charge in [0.2, 0.25) is 35.4 Å². The first-order valence-corrected chi connectivity index (χ1v) is 17.7. The maximum absolute atomic E-state index is 13.2. The summed E-state index contributed by atoms with van der Waals surface area (Å²) in [5.41, 5.74) is -1.47. The molecule has 0 saturated carbocycles. The van der Waals surface area contributed by atoms with Crippen LogP contribution in [0.3, 0.4) is 0 Å². The molecule has 0 rings (SSSR count). The fourth-order valence-electron chi connectivity index (χ4n) is 4.95. The lowest BCUT2D eigenvalue weighted by Crippen LogP contribution is -2.61. The molecule has 4 atom stereocenters. The summed E-state index contributed by atoms with van der Waals surface area (Å²) in [5.74, 6) is -3.94. The van der Waals surface area contributed by atoms with Crippen molar-refractivity contribution < 1.29 is 38.3 Å². The van der Waals surface area contributed by atoms with E-state index in [4.69, 9.17) is 4.74 Å². The number of methoxy groups -OCH3 is 1. The second-order valence-corrected chi connectivity index (χ2v) is 14.1. The van der Waals surface area contributed by atoms with Gasteiger partial charge in [-0.05, 0) is 50.9 Å². The van der Waals surface area contributed by atoms with Crippen LogP contribution in [0.2, 0.25) is 0 Å². The summed E-state index contributed by atoms with van der Waals surface area (Å²) in [6, 6.07) is -2.82. The highest BCUT2D eigenvalue weighted by atomic mass is 16.5. The number of ether oxygens (including phenoxy) is 1. The van der Waals surface area contributed by atoms with Crippen molar-refractivity contribution in [1.82, 2.24) is 31.9 Å². The van der Waals surface area contributed by atoms with Crippen LogP contribution in [0, 0.1) is 17.8 Å². The van der Waals surface area contributed by atoms with Crippen LogP contribution in [-0.2, 0) is 38.3 Å². The Hall–Kier alpha value is -3.71. The van der Waals surface area contributed by atoms with Crippen molar-refractivity contribution in [2.45, 2.75) is 144 Å². The van der Waals surface area contributed by atoms with Crippen LogP contribution in [-0.4, -0.2) is 85.3 Å². The van der Waals surface area contributed by atoms with Gasteiger partial charge in [0, 0.05) is 6.42 Å². The monoisotopic (exact) mass is 696 g/mol. The van der Waals surface area contributed by atoms with Gasteiger partial charge in [-0.15, -0.1) is 0 Å². The average molecular weight is 697 g/mol. The molecule has 0 spiro atoms. The largest absolute Gasteiger partial charge is 0.467 e. The Morgan fingerprint density at radius 2 is 1.20 bits per heavy atom. The SMILES string of the molecule is CCCCCCCC(=O)NCC(=O)N[C@@H](CC(C)C)C(=O)NC(C)(C)C(=O)NCC(=O)N[C@H](C(=O)N[C@@H](CC(C)C)C(=O)OC)[C@@H](C)CC. The topological polar surface area (TPSA) is 201 Å². The first-order chi connectivity index (χ1) is 22.9. The minimum Gasteiger partial charge on any atom is -0.467 e.